The number of carbonyl (C=O) groups excluding carboxylic acids is 1. The molecule has 0 unspecified atom stereocenters. The lowest BCUT2D eigenvalue weighted by atomic mass is 9.93. The number of urea groups is 1. The summed E-state index contributed by atoms with van der Waals surface area (Å²) >= 11 is 0. The first-order valence-electron chi connectivity index (χ1n) is 9.09. The Balaban J connectivity index is 1.68. The maximum atomic E-state index is 12.8. The zero-order valence-electron chi connectivity index (χ0n) is 15.0. The normalized spacial score (nSPS) is 26.4. The highest BCUT2D eigenvalue weighted by atomic mass is 16.5. The van der Waals surface area contributed by atoms with E-state index in [-0.39, 0.29) is 24.2 Å². The van der Waals surface area contributed by atoms with Crippen molar-refractivity contribution in [3.8, 4) is 11.5 Å². The minimum absolute atomic E-state index is 0.00123. The van der Waals surface area contributed by atoms with Crippen LogP contribution in [0.1, 0.15) is 50.1 Å². The van der Waals surface area contributed by atoms with Gasteiger partial charge in [0.15, 0.2) is 11.5 Å². The van der Waals surface area contributed by atoms with Crippen molar-refractivity contribution < 1.29 is 19.4 Å². The van der Waals surface area contributed by atoms with Gasteiger partial charge in [0.25, 0.3) is 0 Å². The monoisotopic (exact) mass is 348 g/mol. The standard InChI is InChI=1S/C19H28N2O4/c1-24-17-10-5-13(12-18(17)25-2)16-4-3-11-21(16)19(23)20-14-6-8-15(22)9-7-14/h5,10,12,14-16,22H,3-4,6-9,11H2,1-2H3,(H,20,23)/t14?,15?,16-/m1/s1. The van der Waals surface area contributed by atoms with E-state index in [0.29, 0.717) is 11.5 Å². The first-order valence-corrected chi connectivity index (χ1v) is 9.09. The molecule has 1 aromatic carbocycles. The molecular formula is C19H28N2O4. The molecule has 138 valence electrons. The molecule has 25 heavy (non-hydrogen) atoms. The molecule has 2 fully saturated rings. The molecule has 3 rings (SSSR count). The van der Waals surface area contributed by atoms with Crippen molar-refractivity contribution in [2.24, 2.45) is 0 Å². The van der Waals surface area contributed by atoms with E-state index in [1.165, 1.54) is 0 Å². The SMILES string of the molecule is COc1ccc([C@H]2CCCN2C(=O)NC2CCC(O)CC2)cc1OC. The summed E-state index contributed by atoms with van der Waals surface area (Å²) in [6, 6.07) is 6.10. The number of methoxy groups -OCH3 is 2. The highest BCUT2D eigenvalue weighted by molar-refractivity contribution is 5.75. The third kappa shape index (κ3) is 4.00. The number of amides is 2. The highest BCUT2D eigenvalue weighted by Gasteiger charge is 2.32. The second-order valence-electron chi connectivity index (χ2n) is 6.92. The van der Waals surface area contributed by atoms with Gasteiger partial charge in [0, 0.05) is 12.6 Å². The number of ether oxygens (including phenoxy) is 2. The number of likely N-dealkylation sites (tertiary alicyclic amines) is 1. The summed E-state index contributed by atoms with van der Waals surface area (Å²) in [5.74, 6) is 1.38. The topological polar surface area (TPSA) is 71.0 Å². The van der Waals surface area contributed by atoms with Gasteiger partial charge in [-0.25, -0.2) is 4.79 Å². The van der Waals surface area contributed by atoms with Gasteiger partial charge in [-0.3, -0.25) is 0 Å². The summed E-state index contributed by atoms with van der Waals surface area (Å²) in [5.41, 5.74) is 1.07. The van der Waals surface area contributed by atoms with Crippen molar-refractivity contribution in [2.45, 2.75) is 56.7 Å². The average Bonchev–Trinajstić information content (AvgIpc) is 3.13. The lowest BCUT2D eigenvalue weighted by molar-refractivity contribution is 0.114. The van der Waals surface area contributed by atoms with Crippen LogP contribution >= 0.6 is 0 Å². The van der Waals surface area contributed by atoms with Gasteiger partial charge in [-0.1, -0.05) is 6.07 Å². The number of nitrogens with zero attached hydrogens (tertiary/aromatic N) is 1. The molecule has 1 saturated heterocycles. The van der Waals surface area contributed by atoms with Gasteiger partial charge < -0.3 is 24.8 Å². The molecule has 0 bridgehead atoms. The fraction of sp³-hybridized carbons (Fsp3) is 0.632. The van der Waals surface area contributed by atoms with Gasteiger partial charge in [-0.15, -0.1) is 0 Å². The van der Waals surface area contributed by atoms with E-state index in [9.17, 15) is 9.90 Å². The van der Waals surface area contributed by atoms with E-state index in [4.69, 9.17) is 9.47 Å². The second-order valence-corrected chi connectivity index (χ2v) is 6.92. The van der Waals surface area contributed by atoms with Gasteiger partial charge >= 0.3 is 6.03 Å². The predicted octanol–water partition coefficient (Wildman–Crippen LogP) is 2.85. The van der Waals surface area contributed by atoms with E-state index in [1.54, 1.807) is 14.2 Å². The Bertz CT molecular complexity index is 599. The molecule has 0 radical (unpaired) electrons. The molecule has 6 nitrogen and oxygen atoms in total. The van der Waals surface area contributed by atoms with E-state index >= 15 is 0 Å². The van der Waals surface area contributed by atoms with Crippen molar-refractivity contribution in [1.29, 1.82) is 0 Å². The zero-order chi connectivity index (χ0) is 17.8. The van der Waals surface area contributed by atoms with Gasteiger partial charge in [0.1, 0.15) is 0 Å². The summed E-state index contributed by atoms with van der Waals surface area (Å²) in [6.45, 7) is 0.764. The second kappa shape index (κ2) is 7.95. The number of hydrogen-bond acceptors (Lipinski definition) is 4. The third-order valence-corrected chi connectivity index (χ3v) is 5.33. The summed E-state index contributed by atoms with van der Waals surface area (Å²) in [7, 11) is 3.24. The molecule has 1 aliphatic heterocycles. The maximum Gasteiger partial charge on any atom is 0.318 e. The molecule has 2 N–H and O–H groups in total. The molecule has 6 heteroatoms. The quantitative estimate of drug-likeness (QED) is 0.878. The van der Waals surface area contributed by atoms with Crippen LogP contribution in [0.5, 0.6) is 11.5 Å². The lowest BCUT2D eigenvalue weighted by Gasteiger charge is -2.31. The van der Waals surface area contributed by atoms with Gasteiger partial charge in [0.05, 0.1) is 26.4 Å². The Kier molecular flexibility index (Phi) is 5.68. The molecule has 1 saturated carbocycles. The van der Waals surface area contributed by atoms with Crippen LogP contribution in [0, 0.1) is 0 Å². The zero-order valence-corrected chi connectivity index (χ0v) is 15.0. The highest BCUT2D eigenvalue weighted by Crippen LogP contribution is 2.37. The van der Waals surface area contributed by atoms with Crippen molar-refractivity contribution in [1.82, 2.24) is 10.2 Å². The van der Waals surface area contributed by atoms with E-state index < -0.39 is 0 Å². The number of aliphatic hydroxyl groups excluding tert-OH is 1. The Morgan fingerprint density at radius 2 is 1.84 bits per heavy atom. The minimum Gasteiger partial charge on any atom is -0.493 e. The molecule has 2 amide bonds. The van der Waals surface area contributed by atoms with E-state index in [0.717, 1.165) is 50.6 Å². The molecular weight excluding hydrogens is 320 g/mol. The Hall–Kier alpha value is -1.95. The minimum atomic E-state index is -0.209. The van der Waals surface area contributed by atoms with Crippen LogP contribution < -0.4 is 14.8 Å². The summed E-state index contributed by atoms with van der Waals surface area (Å²) in [4.78, 5) is 14.7. The number of benzene rings is 1. The number of aliphatic hydroxyl groups is 1. The molecule has 1 atom stereocenters. The van der Waals surface area contributed by atoms with Gasteiger partial charge in [-0.2, -0.15) is 0 Å². The Labute approximate surface area is 149 Å². The number of carbonyl (C=O) groups is 1. The molecule has 2 aliphatic rings. The molecule has 1 heterocycles. The van der Waals surface area contributed by atoms with Crippen molar-refractivity contribution >= 4 is 6.03 Å². The molecule has 1 aliphatic carbocycles. The van der Waals surface area contributed by atoms with Crippen LogP contribution in [0.4, 0.5) is 4.79 Å². The third-order valence-electron chi connectivity index (χ3n) is 5.33. The summed E-state index contributed by atoms with van der Waals surface area (Å²) in [5, 5.41) is 12.8. The largest absolute Gasteiger partial charge is 0.493 e. The first-order chi connectivity index (χ1) is 12.1. The predicted molar refractivity (Wildman–Crippen MR) is 95.0 cm³/mol. The summed E-state index contributed by atoms with van der Waals surface area (Å²) < 4.78 is 10.7. The molecule has 1 aromatic rings. The Morgan fingerprint density at radius 3 is 2.52 bits per heavy atom. The fourth-order valence-corrected chi connectivity index (χ4v) is 3.89. The Morgan fingerprint density at radius 1 is 1.12 bits per heavy atom. The molecule has 0 spiro atoms. The van der Waals surface area contributed by atoms with Gasteiger partial charge in [-0.05, 0) is 56.2 Å². The van der Waals surface area contributed by atoms with Crippen molar-refractivity contribution in [3.63, 3.8) is 0 Å². The molecule has 0 aromatic heterocycles. The van der Waals surface area contributed by atoms with Crippen LogP contribution in [0.3, 0.4) is 0 Å². The first kappa shape index (κ1) is 17.9. The van der Waals surface area contributed by atoms with Gasteiger partial charge in [0.2, 0.25) is 0 Å². The van der Waals surface area contributed by atoms with E-state index in [1.807, 2.05) is 23.1 Å². The summed E-state index contributed by atoms with van der Waals surface area (Å²) in [6.07, 6.45) is 4.97. The number of hydrogen-bond donors (Lipinski definition) is 2. The van der Waals surface area contributed by atoms with Crippen LogP contribution in [-0.4, -0.2) is 48.9 Å². The van der Waals surface area contributed by atoms with Crippen molar-refractivity contribution in [3.05, 3.63) is 23.8 Å². The smallest absolute Gasteiger partial charge is 0.318 e. The fourth-order valence-electron chi connectivity index (χ4n) is 3.89. The van der Waals surface area contributed by atoms with Crippen LogP contribution in [0.25, 0.3) is 0 Å². The van der Waals surface area contributed by atoms with Crippen LogP contribution in [0.2, 0.25) is 0 Å². The van der Waals surface area contributed by atoms with Crippen LogP contribution in [-0.2, 0) is 0 Å². The van der Waals surface area contributed by atoms with Crippen LogP contribution in [0.15, 0.2) is 18.2 Å². The maximum absolute atomic E-state index is 12.8. The van der Waals surface area contributed by atoms with E-state index in [2.05, 4.69) is 5.32 Å². The van der Waals surface area contributed by atoms with Crippen molar-refractivity contribution in [2.75, 3.05) is 20.8 Å². The number of rotatable bonds is 4. The number of nitrogens with one attached hydrogen (secondary N) is 1. The average molecular weight is 348 g/mol. The lowest BCUT2D eigenvalue weighted by Crippen LogP contribution is -2.46.